The fourth-order valence-electron chi connectivity index (χ4n) is 4.41. The van der Waals surface area contributed by atoms with Crippen LogP contribution < -0.4 is 11.3 Å². The molecule has 0 spiro atoms. The molecule has 0 aromatic carbocycles. The molecular formula is C17H27N3O. The molecule has 116 valence electrons. The van der Waals surface area contributed by atoms with Crippen molar-refractivity contribution in [1.82, 2.24) is 10.4 Å². The zero-order valence-corrected chi connectivity index (χ0v) is 13.0. The summed E-state index contributed by atoms with van der Waals surface area (Å²) in [6.07, 6.45) is 10.1. The first-order valence-electron chi connectivity index (χ1n) is 8.34. The predicted octanol–water partition coefficient (Wildman–Crippen LogP) is 2.68. The largest absolute Gasteiger partial charge is 0.374 e. The lowest BCUT2D eigenvalue weighted by atomic mass is 9.75. The summed E-state index contributed by atoms with van der Waals surface area (Å²) in [7, 11) is 0. The molecule has 1 aromatic heterocycles. The Kier molecular flexibility index (Phi) is 4.57. The van der Waals surface area contributed by atoms with E-state index in [0.717, 1.165) is 32.3 Å². The number of pyridine rings is 1. The second-order valence-electron chi connectivity index (χ2n) is 6.40. The van der Waals surface area contributed by atoms with Gasteiger partial charge in [0, 0.05) is 24.4 Å². The summed E-state index contributed by atoms with van der Waals surface area (Å²) in [6, 6.07) is 4.42. The zero-order chi connectivity index (χ0) is 14.7. The van der Waals surface area contributed by atoms with Gasteiger partial charge in [-0.15, -0.1) is 0 Å². The third kappa shape index (κ3) is 2.72. The molecule has 0 amide bonds. The van der Waals surface area contributed by atoms with Crippen molar-refractivity contribution < 1.29 is 4.74 Å². The van der Waals surface area contributed by atoms with E-state index >= 15 is 0 Å². The Balaban J connectivity index is 1.93. The van der Waals surface area contributed by atoms with Crippen molar-refractivity contribution in [3.05, 3.63) is 29.6 Å². The quantitative estimate of drug-likeness (QED) is 0.646. The van der Waals surface area contributed by atoms with E-state index in [1.54, 1.807) is 0 Å². The van der Waals surface area contributed by atoms with Crippen LogP contribution in [0, 0.1) is 0 Å². The van der Waals surface area contributed by atoms with E-state index in [4.69, 9.17) is 10.6 Å². The van der Waals surface area contributed by atoms with E-state index in [1.807, 2.05) is 12.3 Å². The summed E-state index contributed by atoms with van der Waals surface area (Å²) < 4.78 is 6.24. The fraction of sp³-hybridized carbons (Fsp3) is 0.706. The summed E-state index contributed by atoms with van der Waals surface area (Å²) in [5, 5.41) is 0. The Morgan fingerprint density at radius 2 is 2.24 bits per heavy atom. The van der Waals surface area contributed by atoms with Gasteiger partial charge >= 0.3 is 0 Å². The van der Waals surface area contributed by atoms with Crippen molar-refractivity contribution in [2.24, 2.45) is 5.84 Å². The average Bonchev–Trinajstić information content (AvgIpc) is 2.98. The molecule has 21 heavy (non-hydrogen) atoms. The smallest absolute Gasteiger partial charge is 0.0854 e. The second-order valence-corrected chi connectivity index (χ2v) is 6.40. The molecule has 2 aliphatic rings. The van der Waals surface area contributed by atoms with Crippen molar-refractivity contribution in [2.45, 2.75) is 69.4 Å². The second kappa shape index (κ2) is 6.42. The number of nitrogens with two attached hydrogens (primary N) is 1. The zero-order valence-electron chi connectivity index (χ0n) is 13.0. The number of aryl methyl sites for hydroxylation is 1. The van der Waals surface area contributed by atoms with Gasteiger partial charge < -0.3 is 4.74 Å². The normalized spacial score (nSPS) is 25.5. The SMILES string of the molecule is CCOC1(C(NN)C2CCCc3cccnc32)CCCC1. The molecule has 1 fully saturated rings. The summed E-state index contributed by atoms with van der Waals surface area (Å²) >= 11 is 0. The first kappa shape index (κ1) is 14.9. The number of hydrazine groups is 1. The highest BCUT2D eigenvalue weighted by molar-refractivity contribution is 5.28. The molecule has 1 heterocycles. The Morgan fingerprint density at radius 1 is 1.43 bits per heavy atom. The minimum absolute atomic E-state index is 0.111. The number of nitrogens with one attached hydrogen (secondary N) is 1. The third-order valence-corrected chi connectivity index (χ3v) is 5.27. The molecular weight excluding hydrogens is 262 g/mol. The molecule has 0 radical (unpaired) electrons. The van der Waals surface area contributed by atoms with Crippen LogP contribution in [0.15, 0.2) is 18.3 Å². The van der Waals surface area contributed by atoms with Crippen molar-refractivity contribution in [3.63, 3.8) is 0 Å². The third-order valence-electron chi connectivity index (χ3n) is 5.27. The van der Waals surface area contributed by atoms with Crippen LogP contribution in [0.3, 0.4) is 0 Å². The Morgan fingerprint density at radius 3 is 2.95 bits per heavy atom. The molecule has 2 atom stereocenters. The van der Waals surface area contributed by atoms with Crippen molar-refractivity contribution in [1.29, 1.82) is 0 Å². The monoisotopic (exact) mass is 289 g/mol. The van der Waals surface area contributed by atoms with Crippen LogP contribution >= 0.6 is 0 Å². The molecule has 2 aliphatic carbocycles. The molecule has 1 saturated carbocycles. The first-order chi connectivity index (χ1) is 10.3. The van der Waals surface area contributed by atoms with Crippen LogP contribution in [0.2, 0.25) is 0 Å². The summed E-state index contributed by atoms with van der Waals surface area (Å²) in [5.41, 5.74) is 5.63. The van der Waals surface area contributed by atoms with Crippen LogP contribution in [-0.4, -0.2) is 23.2 Å². The molecule has 1 aromatic rings. The number of hydrogen-bond acceptors (Lipinski definition) is 4. The molecule has 4 nitrogen and oxygen atoms in total. The number of ether oxygens (including phenoxy) is 1. The van der Waals surface area contributed by atoms with Gasteiger partial charge in [-0.25, -0.2) is 0 Å². The standard InChI is InChI=1S/C17H27N3O/c1-2-21-17(10-3-4-11-17)16(20-18)14-9-5-7-13-8-6-12-19-15(13)14/h6,8,12,14,16,20H,2-5,7,9-11,18H2,1H3. The van der Waals surface area contributed by atoms with Crippen LogP contribution in [-0.2, 0) is 11.2 Å². The highest BCUT2D eigenvalue weighted by atomic mass is 16.5. The van der Waals surface area contributed by atoms with Crippen LogP contribution in [0.25, 0.3) is 0 Å². The molecule has 0 saturated heterocycles. The van der Waals surface area contributed by atoms with Gasteiger partial charge in [-0.1, -0.05) is 18.9 Å². The minimum Gasteiger partial charge on any atom is -0.374 e. The average molecular weight is 289 g/mol. The van der Waals surface area contributed by atoms with Gasteiger partial charge in [-0.05, 0) is 50.7 Å². The minimum atomic E-state index is -0.111. The van der Waals surface area contributed by atoms with Gasteiger partial charge in [0.2, 0.25) is 0 Å². The number of fused-ring (bicyclic) bond motifs is 1. The highest BCUT2D eigenvalue weighted by Gasteiger charge is 2.46. The summed E-state index contributed by atoms with van der Waals surface area (Å²) in [4.78, 5) is 4.68. The summed E-state index contributed by atoms with van der Waals surface area (Å²) in [6.45, 7) is 2.83. The molecule has 3 rings (SSSR count). The molecule has 3 N–H and O–H groups in total. The van der Waals surface area contributed by atoms with E-state index < -0.39 is 0 Å². The van der Waals surface area contributed by atoms with Gasteiger partial charge in [-0.2, -0.15) is 0 Å². The lowest BCUT2D eigenvalue weighted by Crippen LogP contribution is -2.57. The Bertz CT molecular complexity index is 471. The number of hydrogen-bond donors (Lipinski definition) is 2. The topological polar surface area (TPSA) is 60.2 Å². The van der Waals surface area contributed by atoms with E-state index in [0.29, 0.717) is 5.92 Å². The van der Waals surface area contributed by atoms with E-state index in [9.17, 15) is 0 Å². The lowest BCUT2D eigenvalue weighted by Gasteiger charge is -2.42. The fourth-order valence-corrected chi connectivity index (χ4v) is 4.41. The molecule has 0 bridgehead atoms. The maximum Gasteiger partial charge on any atom is 0.0854 e. The van der Waals surface area contributed by atoms with E-state index in [1.165, 1.54) is 30.5 Å². The maximum absolute atomic E-state index is 6.24. The van der Waals surface area contributed by atoms with Gasteiger partial charge in [0.25, 0.3) is 0 Å². The molecule has 0 aliphatic heterocycles. The van der Waals surface area contributed by atoms with Crippen LogP contribution in [0.1, 0.15) is 62.6 Å². The van der Waals surface area contributed by atoms with Crippen molar-refractivity contribution in [2.75, 3.05) is 6.61 Å². The Hall–Kier alpha value is -0.970. The van der Waals surface area contributed by atoms with Crippen LogP contribution in [0.5, 0.6) is 0 Å². The van der Waals surface area contributed by atoms with Gasteiger partial charge in [-0.3, -0.25) is 16.3 Å². The predicted molar refractivity (Wildman–Crippen MR) is 83.9 cm³/mol. The molecule has 4 heteroatoms. The van der Waals surface area contributed by atoms with E-state index in [2.05, 4.69) is 23.4 Å². The number of rotatable bonds is 5. The van der Waals surface area contributed by atoms with Crippen LogP contribution in [0.4, 0.5) is 0 Å². The lowest BCUT2D eigenvalue weighted by molar-refractivity contribution is -0.0692. The summed E-state index contributed by atoms with van der Waals surface area (Å²) in [5.74, 6) is 6.36. The maximum atomic E-state index is 6.24. The number of nitrogens with zero attached hydrogens (tertiary/aromatic N) is 1. The van der Waals surface area contributed by atoms with Crippen molar-refractivity contribution >= 4 is 0 Å². The van der Waals surface area contributed by atoms with Gasteiger partial charge in [0.05, 0.1) is 11.6 Å². The van der Waals surface area contributed by atoms with Gasteiger partial charge in [0.1, 0.15) is 0 Å². The molecule has 2 unspecified atom stereocenters. The van der Waals surface area contributed by atoms with E-state index in [-0.39, 0.29) is 11.6 Å². The number of aromatic nitrogens is 1. The van der Waals surface area contributed by atoms with Crippen molar-refractivity contribution in [3.8, 4) is 0 Å². The first-order valence-corrected chi connectivity index (χ1v) is 8.34. The Labute approximate surface area is 127 Å². The highest BCUT2D eigenvalue weighted by Crippen LogP contribution is 2.44. The van der Waals surface area contributed by atoms with Gasteiger partial charge in [0.15, 0.2) is 0 Å².